The smallest absolute Gasteiger partial charge is 0.339 e. The Kier molecular flexibility index (Phi) is 3.52. The third kappa shape index (κ3) is 2.70. The number of para-hydroxylation sites is 1. The molecule has 0 atom stereocenters. The summed E-state index contributed by atoms with van der Waals surface area (Å²) in [6, 6.07) is 13.6. The quantitative estimate of drug-likeness (QED) is 0.940. The van der Waals surface area contributed by atoms with Crippen LogP contribution >= 0.6 is 0 Å². The molecule has 0 spiro atoms. The number of hydrogen-bond donors (Lipinski definition) is 1. The maximum Gasteiger partial charge on any atom is 0.339 e. The molecule has 0 bridgehead atoms. The number of hydrogen-bond acceptors (Lipinski definition) is 3. The lowest BCUT2D eigenvalue weighted by molar-refractivity contribution is 0.0692. The SMILES string of the molecule is Cc1cccc(CN2CCOc3c(C(=O)O)cccc32)c1. The van der Waals surface area contributed by atoms with Crippen molar-refractivity contribution in [1.29, 1.82) is 0 Å². The molecular weight excluding hydrogens is 266 g/mol. The van der Waals surface area contributed by atoms with Gasteiger partial charge in [0.2, 0.25) is 0 Å². The van der Waals surface area contributed by atoms with Gasteiger partial charge in [-0.1, -0.05) is 35.9 Å². The third-order valence-electron chi connectivity index (χ3n) is 3.63. The molecule has 0 saturated carbocycles. The topological polar surface area (TPSA) is 49.8 Å². The molecule has 1 heterocycles. The summed E-state index contributed by atoms with van der Waals surface area (Å²) >= 11 is 0. The zero-order valence-electron chi connectivity index (χ0n) is 11.9. The van der Waals surface area contributed by atoms with Crippen LogP contribution in [-0.2, 0) is 6.54 Å². The Morgan fingerprint density at radius 2 is 2.10 bits per heavy atom. The number of aromatic carboxylic acids is 1. The minimum Gasteiger partial charge on any atom is -0.489 e. The third-order valence-corrected chi connectivity index (χ3v) is 3.63. The summed E-state index contributed by atoms with van der Waals surface area (Å²) < 4.78 is 5.59. The van der Waals surface area contributed by atoms with Crippen LogP contribution in [-0.4, -0.2) is 24.2 Å². The van der Waals surface area contributed by atoms with E-state index in [0.717, 1.165) is 18.8 Å². The molecule has 4 heteroatoms. The van der Waals surface area contributed by atoms with E-state index in [4.69, 9.17) is 4.74 Å². The number of rotatable bonds is 3. The first kappa shape index (κ1) is 13.5. The minimum absolute atomic E-state index is 0.224. The molecule has 1 aliphatic rings. The minimum atomic E-state index is -0.954. The van der Waals surface area contributed by atoms with E-state index in [-0.39, 0.29) is 5.56 Å². The van der Waals surface area contributed by atoms with Crippen molar-refractivity contribution in [3.63, 3.8) is 0 Å². The Morgan fingerprint density at radius 3 is 2.86 bits per heavy atom. The Morgan fingerprint density at radius 1 is 1.29 bits per heavy atom. The lowest BCUT2D eigenvalue weighted by Crippen LogP contribution is -2.32. The van der Waals surface area contributed by atoms with Gasteiger partial charge < -0.3 is 14.7 Å². The maximum absolute atomic E-state index is 11.3. The van der Waals surface area contributed by atoms with Gasteiger partial charge in [-0.25, -0.2) is 4.79 Å². The lowest BCUT2D eigenvalue weighted by Gasteiger charge is -2.32. The van der Waals surface area contributed by atoms with Gasteiger partial charge in [0.25, 0.3) is 0 Å². The van der Waals surface area contributed by atoms with Crippen molar-refractivity contribution >= 4 is 11.7 Å². The summed E-state index contributed by atoms with van der Waals surface area (Å²) in [7, 11) is 0. The number of carbonyl (C=O) groups is 1. The molecule has 21 heavy (non-hydrogen) atoms. The Labute approximate surface area is 123 Å². The van der Waals surface area contributed by atoms with E-state index in [9.17, 15) is 9.90 Å². The molecule has 0 aromatic heterocycles. The van der Waals surface area contributed by atoms with Gasteiger partial charge in [0.05, 0.1) is 12.2 Å². The largest absolute Gasteiger partial charge is 0.489 e. The summed E-state index contributed by atoms with van der Waals surface area (Å²) in [5.74, 6) is -0.479. The van der Waals surface area contributed by atoms with Crippen molar-refractivity contribution in [3.05, 3.63) is 59.2 Å². The second-order valence-electron chi connectivity index (χ2n) is 5.22. The van der Waals surface area contributed by atoms with Gasteiger partial charge >= 0.3 is 5.97 Å². The fourth-order valence-corrected chi connectivity index (χ4v) is 2.67. The highest BCUT2D eigenvalue weighted by atomic mass is 16.5. The zero-order valence-corrected chi connectivity index (χ0v) is 11.9. The first-order valence-corrected chi connectivity index (χ1v) is 6.95. The second kappa shape index (κ2) is 5.48. The van der Waals surface area contributed by atoms with Crippen molar-refractivity contribution in [2.75, 3.05) is 18.1 Å². The molecule has 2 aromatic carbocycles. The summed E-state index contributed by atoms with van der Waals surface area (Å²) in [6.45, 7) is 4.08. The molecule has 0 unspecified atom stereocenters. The molecule has 0 aliphatic carbocycles. The van der Waals surface area contributed by atoms with Gasteiger partial charge in [-0.15, -0.1) is 0 Å². The molecule has 0 saturated heterocycles. The molecule has 3 rings (SSSR count). The molecular formula is C17H17NO3. The van der Waals surface area contributed by atoms with E-state index in [1.54, 1.807) is 12.1 Å². The highest BCUT2D eigenvalue weighted by molar-refractivity contribution is 5.93. The molecule has 2 aromatic rings. The lowest BCUT2D eigenvalue weighted by atomic mass is 10.1. The van der Waals surface area contributed by atoms with Gasteiger partial charge in [0.1, 0.15) is 12.2 Å². The van der Waals surface area contributed by atoms with E-state index >= 15 is 0 Å². The molecule has 4 nitrogen and oxygen atoms in total. The molecule has 0 amide bonds. The van der Waals surface area contributed by atoms with Crippen molar-refractivity contribution in [1.82, 2.24) is 0 Å². The zero-order chi connectivity index (χ0) is 14.8. The van der Waals surface area contributed by atoms with Gasteiger partial charge in [-0.05, 0) is 24.6 Å². The van der Waals surface area contributed by atoms with Crippen LogP contribution in [0.15, 0.2) is 42.5 Å². The van der Waals surface area contributed by atoms with Crippen molar-refractivity contribution < 1.29 is 14.6 Å². The fraction of sp³-hybridized carbons (Fsp3) is 0.235. The highest BCUT2D eigenvalue weighted by Gasteiger charge is 2.23. The predicted molar refractivity (Wildman–Crippen MR) is 81.1 cm³/mol. The molecule has 1 aliphatic heterocycles. The Bertz CT molecular complexity index is 681. The van der Waals surface area contributed by atoms with Crippen LogP contribution in [0.5, 0.6) is 5.75 Å². The summed E-state index contributed by atoms with van der Waals surface area (Å²) in [5, 5.41) is 9.25. The van der Waals surface area contributed by atoms with Crippen molar-refractivity contribution in [2.24, 2.45) is 0 Å². The number of benzene rings is 2. The van der Waals surface area contributed by atoms with Crippen LogP contribution in [0.25, 0.3) is 0 Å². The molecule has 0 radical (unpaired) electrons. The van der Waals surface area contributed by atoms with E-state index in [2.05, 4.69) is 30.0 Å². The number of fused-ring (bicyclic) bond motifs is 1. The predicted octanol–water partition coefficient (Wildman–Crippen LogP) is 3.09. The first-order chi connectivity index (χ1) is 10.1. The van der Waals surface area contributed by atoms with Crippen LogP contribution in [0.2, 0.25) is 0 Å². The second-order valence-corrected chi connectivity index (χ2v) is 5.22. The Hall–Kier alpha value is -2.49. The fourth-order valence-electron chi connectivity index (χ4n) is 2.67. The average molecular weight is 283 g/mol. The molecule has 108 valence electrons. The van der Waals surface area contributed by atoms with Crippen molar-refractivity contribution in [2.45, 2.75) is 13.5 Å². The standard InChI is InChI=1S/C17H17NO3/c1-12-4-2-5-13(10-12)11-18-8-9-21-16-14(17(19)20)6-3-7-15(16)18/h2-7,10H,8-9,11H2,1H3,(H,19,20). The monoisotopic (exact) mass is 283 g/mol. The van der Waals surface area contributed by atoms with Crippen LogP contribution in [0, 0.1) is 6.92 Å². The number of carboxylic acids is 1. The number of anilines is 1. The summed E-state index contributed by atoms with van der Waals surface area (Å²) in [4.78, 5) is 13.5. The molecule has 1 N–H and O–H groups in total. The summed E-state index contributed by atoms with van der Waals surface area (Å²) in [5.41, 5.74) is 3.51. The van der Waals surface area contributed by atoms with Gasteiger partial charge in [-0.2, -0.15) is 0 Å². The number of aryl methyl sites for hydroxylation is 1. The van der Waals surface area contributed by atoms with Crippen LogP contribution in [0.1, 0.15) is 21.5 Å². The van der Waals surface area contributed by atoms with E-state index in [0.29, 0.717) is 12.4 Å². The number of nitrogens with zero attached hydrogens (tertiary/aromatic N) is 1. The highest BCUT2D eigenvalue weighted by Crippen LogP contribution is 2.35. The van der Waals surface area contributed by atoms with Crippen LogP contribution in [0.3, 0.4) is 0 Å². The van der Waals surface area contributed by atoms with Crippen LogP contribution < -0.4 is 9.64 Å². The van der Waals surface area contributed by atoms with Gasteiger partial charge in [-0.3, -0.25) is 0 Å². The maximum atomic E-state index is 11.3. The normalized spacial score (nSPS) is 13.5. The molecule has 0 fully saturated rings. The number of carboxylic acid groups (broad SMARTS) is 1. The summed E-state index contributed by atoms with van der Waals surface area (Å²) in [6.07, 6.45) is 0. The van der Waals surface area contributed by atoms with Crippen molar-refractivity contribution in [3.8, 4) is 5.75 Å². The average Bonchev–Trinajstić information content (AvgIpc) is 2.47. The van der Waals surface area contributed by atoms with Gasteiger partial charge in [0.15, 0.2) is 5.75 Å². The Balaban J connectivity index is 1.94. The van der Waals surface area contributed by atoms with Gasteiger partial charge in [0, 0.05) is 6.54 Å². The van der Waals surface area contributed by atoms with E-state index in [1.807, 2.05) is 12.1 Å². The van der Waals surface area contributed by atoms with E-state index in [1.165, 1.54) is 11.1 Å². The van der Waals surface area contributed by atoms with E-state index < -0.39 is 5.97 Å². The first-order valence-electron chi connectivity index (χ1n) is 6.95. The number of ether oxygens (including phenoxy) is 1. The van der Waals surface area contributed by atoms with Crippen LogP contribution in [0.4, 0.5) is 5.69 Å².